The lowest BCUT2D eigenvalue weighted by atomic mass is 9.33. The van der Waals surface area contributed by atoms with Crippen LogP contribution in [0, 0.1) is 0 Å². The molecule has 2 nitrogen and oxygen atoms in total. The van der Waals surface area contributed by atoms with Gasteiger partial charge in [-0.3, -0.25) is 0 Å². The molecule has 0 radical (unpaired) electrons. The van der Waals surface area contributed by atoms with Crippen molar-refractivity contribution in [3.8, 4) is 0 Å². The van der Waals surface area contributed by atoms with Crippen LogP contribution in [0.1, 0.15) is 54.7 Å². The van der Waals surface area contributed by atoms with Gasteiger partial charge in [-0.25, -0.2) is 0 Å². The zero-order valence-corrected chi connectivity index (χ0v) is 27.4. The van der Waals surface area contributed by atoms with Crippen LogP contribution in [0.3, 0.4) is 0 Å². The molecule has 49 heavy (non-hydrogen) atoms. The second-order valence-corrected chi connectivity index (χ2v) is 13.9. The molecule has 2 aliphatic heterocycles. The maximum atomic E-state index is 14.3. The largest absolute Gasteiger partial charge is 0.416 e. The Kier molecular flexibility index (Phi) is 7.78. The summed E-state index contributed by atoms with van der Waals surface area (Å²) in [5, 5.41) is 0. The van der Waals surface area contributed by atoms with Gasteiger partial charge >= 0.3 is 12.4 Å². The van der Waals surface area contributed by atoms with E-state index in [2.05, 4.69) is 23.1 Å². The average Bonchev–Trinajstić information content (AvgIpc) is 3.10. The number of hydrogen-bond donors (Lipinski definition) is 0. The number of nitrogens with zero attached hydrogens (tertiary/aromatic N) is 2. The van der Waals surface area contributed by atoms with E-state index < -0.39 is 30.2 Å². The fraction of sp³-hybridized carbons (Fsp3) is 0.231. The molecular formula is C39H31BF6N2S. The van der Waals surface area contributed by atoms with Crippen LogP contribution in [-0.4, -0.2) is 13.0 Å². The number of benzene rings is 5. The third kappa shape index (κ3) is 5.48. The molecule has 0 spiro atoms. The Labute approximate surface area is 285 Å². The van der Waals surface area contributed by atoms with Gasteiger partial charge in [0.1, 0.15) is 0 Å². The van der Waals surface area contributed by atoms with Crippen molar-refractivity contribution in [1.29, 1.82) is 0 Å². The van der Waals surface area contributed by atoms with Crippen LogP contribution in [0.25, 0.3) is 0 Å². The number of thioether (sulfide) groups is 1. The normalized spacial score (nSPS) is 15.9. The van der Waals surface area contributed by atoms with E-state index in [-0.39, 0.29) is 5.92 Å². The zero-order valence-electron chi connectivity index (χ0n) is 26.6. The highest BCUT2D eigenvalue weighted by atomic mass is 32.2. The fourth-order valence-corrected chi connectivity index (χ4v) is 8.38. The molecule has 0 saturated heterocycles. The summed E-state index contributed by atoms with van der Waals surface area (Å²) in [6.45, 7) is -0.537. The van der Waals surface area contributed by atoms with E-state index in [9.17, 15) is 26.3 Å². The molecule has 1 aliphatic carbocycles. The van der Waals surface area contributed by atoms with E-state index in [0.717, 1.165) is 88.0 Å². The summed E-state index contributed by atoms with van der Waals surface area (Å²) in [5.41, 5.74) is 6.16. The monoisotopic (exact) mass is 684 g/mol. The van der Waals surface area contributed by atoms with Crippen LogP contribution in [-0.2, 0) is 12.4 Å². The molecule has 10 heteroatoms. The van der Waals surface area contributed by atoms with Crippen LogP contribution in [0.5, 0.6) is 0 Å². The van der Waals surface area contributed by atoms with Gasteiger partial charge in [-0.05, 0) is 120 Å². The summed E-state index contributed by atoms with van der Waals surface area (Å²) in [6.07, 6.45) is -1.67. The molecule has 3 aliphatic rings. The molecule has 2 heterocycles. The molecule has 1 fully saturated rings. The first-order chi connectivity index (χ1) is 23.5. The van der Waals surface area contributed by atoms with Crippen molar-refractivity contribution in [3.05, 3.63) is 120 Å². The van der Waals surface area contributed by atoms with E-state index in [1.807, 2.05) is 53.6 Å². The fourth-order valence-electron chi connectivity index (χ4n) is 7.93. The molecule has 1 saturated carbocycles. The molecule has 0 unspecified atom stereocenters. The van der Waals surface area contributed by atoms with E-state index in [0.29, 0.717) is 16.8 Å². The topological polar surface area (TPSA) is 6.48 Å². The van der Waals surface area contributed by atoms with Gasteiger partial charge in [0.15, 0.2) is 0 Å². The molecule has 0 N–H and O–H groups in total. The van der Waals surface area contributed by atoms with Crippen molar-refractivity contribution >= 4 is 69.0 Å². The van der Waals surface area contributed by atoms with Gasteiger partial charge in [-0.15, -0.1) is 11.8 Å². The summed E-state index contributed by atoms with van der Waals surface area (Å²) in [7, 11) is 0. The van der Waals surface area contributed by atoms with Gasteiger partial charge in [0.05, 0.1) is 11.1 Å². The quantitative estimate of drug-likeness (QED) is 0.104. The summed E-state index contributed by atoms with van der Waals surface area (Å²) in [6, 6.07) is 29.1. The third-order valence-corrected chi connectivity index (χ3v) is 10.9. The summed E-state index contributed by atoms with van der Waals surface area (Å²) in [4.78, 5) is 5.14. The van der Waals surface area contributed by atoms with Crippen molar-refractivity contribution < 1.29 is 26.3 Å². The van der Waals surface area contributed by atoms with Crippen molar-refractivity contribution in [1.82, 2.24) is 0 Å². The predicted molar refractivity (Wildman–Crippen MR) is 188 cm³/mol. The van der Waals surface area contributed by atoms with Gasteiger partial charge in [-0.2, -0.15) is 26.3 Å². The van der Waals surface area contributed by atoms with Gasteiger partial charge in [0, 0.05) is 39.0 Å². The van der Waals surface area contributed by atoms with Crippen molar-refractivity contribution in [2.75, 3.05) is 16.1 Å². The van der Waals surface area contributed by atoms with Gasteiger partial charge in [0.25, 0.3) is 6.71 Å². The van der Waals surface area contributed by atoms with Crippen LogP contribution in [0.2, 0.25) is 0 Å². The predicted octanol–water partition coefficient (Wildman–Crippen LogP) is 10.6. The SMILES string of the molecule is CSc1cccc(N2c3ccccc3B3c4cc(C(F)(F)F)ccc4N(c4ccc(C(F)(F)F)cc4)c4cc(C5CCCCC5)cc2c43)c1. The van der Waals surface area contributed by atoms with Gasteiger partial charge in [-0.1, -0.05) is 49.6 Å². The molecule has 0 atom stereocenters. The highest BCUT2D eigenvalue weighted by molar-refractivity contribution is 7.98. The Morgan fingerprint density at radius 3 is 1.90 bits per heavy atom. The van der Waals surface area contributed by atoms with E-state index in [1.165, 1.54) is 30.7 Å². The summed E-state index contributed by atoms with van der Waals surface area (Å²) >= 11 is 1.63. The summed E-state index contributed by atoms with van der Waals surface area (Å²) in [5.74, 6) is 0.286. The Morgan fingerprint density at radius 1 is 0.592 bits per heavy atom. The van der Waals surface area contributed by atoms with Crippen molar-refractivity contribution in [3.63, 3.8) is 0 Å². The molecule has 5 aromatic carbocycles. The molecule has 0 amide bonds. The minimum Gasteiger partial charge on any atom is -0.311 e. The number of halogens is 6. The van der Waals surface area contributed by atoms with Crippen molar-refractivity contribution in [2.24, 2.45) is 0 Å². The molecule has 5 aromatic rings. The Balaban J connectivity index is 1.46. The van der Waals surface area contributed by atoms with Crippen LogP contribution < -0.4 is 26.2 Å². The standard InChI is InChI=1S/C39H31BF6N2S/c1-49-30-11-7-10-29(23-30)48-33-13-6-5-12-31(33)40-32-22-27(39(44,45)46)16-19-34(32)47(28-17-14-26(15-18-28)38(41,42)43)35-20-25(21-36(48)37(35)40)24-8-3-2-4-9-24/h5-7,10-24H,2-4,8-9H2,1H3. The van der Waals surface area contributed by atoms with Crippen LogP contribution in [0.4, 0.5) is 60.5 Å². The highest BCUT2D eigenvalue weighted by Gasteiger charge is 2.45. The lowest BCUT2D eigenvalue weighted by molar-refractivity contribution is -0.138. The number of anilines is 6. The van der Waals surface area contributed by atoms with Crippen LogP contribution >= 0.6 is 11.8 Å². The number of alkyl halides is 6. The average molecular weight is 685 g/mol. The molecule has 0 aromatic heterocycles. The highest BCUT2D eigenvalue weighted by Crippen LogP contribution is 2.48. The Hall–Kier alpha value is -4.31. The second kappa shape index (κ2) is 11.9. The number of hydrogen-bond acceptors (Lipinski definition) is 3. The Morgan fingerprint density at radius 2 is 1.22 bits per heavy atom. The lowest BCUT2D eigenvalue weighted by Crippen LogP contribution is -2.61. The molecular weight excluding hydrogens is 653 g/mol. The smallest absolute Gasteiger partial charge is 0.311 e. The molecule has 0 bridgehead atoms. The van der Waals surface area contributed by atoms with Crippen LogP contribution in [0.15, 0.2) is 108 Å². The molecule has 248 valence electrons. The van der Waals surface area contributed by atoms with Gasteiger partial charge in [0.2, 0.25) is 0 Å². The molecule has 8 rings (SSSR count). The van der Waals surface area contributed by atoms with Gasteiger partial charge < -0.3 is 9.80 Å². The first kappa shape index (κ1) is 31.9. The van der Waals surface area contributed by atoms with E-state index >= 15 is 0 Å². The maximum Gasteiger partial charge on any atom is 0.416 e. The van der Waals surface area contributed by atoms with E-state index in [4.69, 9.17) is 0 Å². The van der Waals surface area contributed by atoms with Crippen molar-refractivity contribution in [2.45, 2.75) is 55.3 Å². The zero-order chi connectivity index (χ0) is 34.1. The van der Waals surface area contributed by atoms with E-state index in [1.54, 1.807) is 11.8 Å². The first-order valence-electron chi connectivity index (χ1n) is 16.4. The second-order valence-electron chi connectivity index (χ2n) is 13.0. The number of rotatable bonds is 4. The minimum absolute atomic E-state index is 0.286. The Bertz CT molecular complexity index is 2050. The third-order valence-electron chi connectivity index (χ3n) is 10.2. The lowest BCUT2D eigenvalue weighted by Gasteiger charge is -2.45. The summed E-state index contributed by atoms with van der Waals surface area (Å²) < 4.78 is 84.1. The number of para-hydroxylation sites is 1. The minimum atomic E-state index is -4.58. The maximum absolute atomic E-state index is 14.3. The number of fused-ring (bicyclic) bond motifs is 4. The first-order valence-corrected chi connectivity index (χ1v) is 17.6.